The molecule has 116 valence electrons. The predicted octanol–water partition coefficient (Wildman–Crippen LogP) is 1.81. The molecule has 0 aromatic rings. The molecule has 0 saturated carbocycles. The Labute approximate surface area is 124 Å². The van der Waals surface area contributed by atoms with Crippen molar-refractivity contribution in [3.05, 3.63) is 0 Å². The Hall–Kier alpha value is -0.450. The van der Waals surface area contributed by atoms with Gasteiger partial charge in [0.05, 0.1) is 0 Å². The van der Waals surface area contributed by atoms with E-state index in [1.165, 1.54) is 65.0 Å². The van der Waals surface area contributed by atoms with E-state index in [9.17, 15) is 0 Å². The highest BCUT2D eigenvalue weighted by molar-refractivity contribution is 5.83. The molecule has 0 aromatic heterocycles. The minimum atomic E-state index is 0.568. The first-order valence-corrected chi connectivity index (χ1v) is 8.41. The van der Waals surface area contributed by atoms with E-state index in [1.807, 2.05) is 0 Å². The molecule has 0 radical (unpaired) electrons. The highest BCUT2D eigenvalue weighted by Gasteiger charge is 2.23. The third-order valence-corrected chi connectivity index (χ3v) is 5.16. The standard InChI is InChI=1S/C16H32N4/c1-3-16(17)14-6-10-20(11-7-14)13-12-19(2)15-4-8-18-9-5-15/h14-15,17-18H,3-13H2,1-2H3. The largest absolute Gasteiger partial charge is 0.317 e. The van der Waals surface area contributed by atoms with Crippen LogP contribution < -0.4 is 5.32 Å². The van der Waals surface area contributed by atoms with Gasteiger partial charge in [-0.2, -0.15) is 0 Å². The van der Waals surface area contributed by atoms with Crippen molar-refractivity contribution in [2.24, 2.45) is 5.92 Å². The van der Waals surface area contributed by atoms with Gasteiger partial charge in [-0.3, -0.25) is 0 Å². The fraction of sp³-hybridized carbons (Fsp3) is 0.938. The highest BCUT2D eigenvalue weighted by Crippen LogP contribution is 2.19. The summed E-state index contributed by atoms with van der Waals surface area (Å²) in [6, 6.07) is 0.780. The summed E-state index contributed by atoms with van der Waals surface area (Å²) in [5.74, 6) is 0.568. The van der Waals surface area contributed by atoms with E-state index < -0.39 is 0 Å². The van der Waals surface area contributed by atoms with Crippen LogP contribution in [0.4, 0.5) is 0 Å². The van der Waals surface area contributed by atoms with Gasteiger partial charge in [0.1, 0.15) is 0 Å². The third kappa shape index (κ3) is 4.54. The van der Waals surface area contributed by atoms with Gasteiger partial charge < -0.3 is 20.5 Å². The molecule has 4 heteroatoms. The van der Waals surface area contributed by atoms with Gasteiger partial charge in [-0.1, -0.05) is 6.92 Å². The molecule has 2 aliphatic heterocycles. The highest BCUT2D eigenvalue weighted by atomic mass is 15.2. The normalized spacial score (nSPS) is 23.4. The first-order chi connectivity index (χ1) is 9.70. The van der Waals surface area contributed by atoms with E-state index in [-0.39, 0.29) is 0 Å². The van der Waals surface area contributed by atoms with E-state index in [4.69, 9.17) is 5.41 Å². The number of piperidine rings is 2. The first kappa shape index (κ1) is 15.9. The Balaban J connectivity index is 1.64. The summed E-state index contributed by atoms with van der Waals surface area (Å²) in [5.41, 5.74) is 0.969. The van der Waals surface area contributed by atoms with Crippen LogP contribution in [0.3, 0.4) is 0 Å². The molecule has 2 rings (SSSR count). The van der Waals surface area contributed by atoms with Crippen LogP contribution in [0.2, 0.25) is 0 Å². The van der Waals surface area contributed by atoms with Crippen LogP contribution in [0.1, 0.15) is 39.0 Å². The molecule has 20 heavy (non-hydrogen) atoms. The topological polar surface area (TPSA) is 42.4 Å². The van der Waals surface area contributed by atoms with Gasteiger partial charge in [0.15, 0.2) is 0 Å². The number of rotatable bonds is 6. The maximum Gasteiger partial charge on any atom is 0.0118 e. The fourth-order valence-corrected chi connectivity index (χ4v) is 3.52. The summed E-state index contributed by atoms with van der Waals surface area (Å²) in [4.78, 5) is 5.15. The van der Waals surface area contributed by atoms with Gasteiger partial charge in [-0.05, 0) is 71.2 Å². The second kappa shape index (κ2) is 8.11. The van der Waals surface area contributed by atoms with Crippen molar-refractivity contribution in [2.45, 2.75) is 45.1 Å². The van der Waals surface area contributed by atoms with Crippen molar-refractivity contribution >= 4 is 5.71 Å². The van der Waals surface area contributed by atoms with Crippen LogP contribution in [0, 0.1) is 11.3 Å². The second-order valence-corrected chi connectivity index (χ2v) is 6.46. The molecule has 0 amide bonds. The Morgan fingerprint density at radius 2 is 1.85 bits per heavy atom. The van der Waals surface area contributed by atoms with Crippen molar-refractivity contribution in [1.29, 1.82) is 5.41 Å². The van der Waals surface area contributed by atoms with Gasteiger partial charge >= 0.3 is 0 Å². The second-order valence-electron chi connectivity index (χ2n) is 6.46. The van der Waals surface area contributed by atoms with Crippen molar-refractivity contribution < 1.29 is 0 Å². The summed E-state index contributed by atoms with van der Waals surface area (Å²) >= 11 is 0. The summed E-state index contributed by atoms with van der Waals surface area (Å²) in [5, 5.41) is 11.4. The SMILES string of the molecule is CCC(=N)C1CCN(CCN(C)C2CCNCC2)CC1. The number of likely N-dealkylation sites (N-methyl/N-ethyl adjacent to an activating group) is 1. The quantitative estimate of drug-likeness (QED) is 0.729. The van der Waals surface area contributed by atoms with Crippen LogP contribution in [0.15, 0.2) is 0 Å². The Bertz CT molecular complexity index is 291. The number of hydrogen-bond acceptors (Lipinski definition) is 4. The summed E-state index contributed by atoms with van der Waals surface area (Å²) in [6.07, 6.45) is 5.93. The number of nitrogens with zero attached hydrogens (tertiary/aromatic N) is 2. The number of nitrogens with one attached hydrogen (secondary N) is 2. The molecule has 0 spiro atoms. The maximum atomic E-state index is 7.97. The molecule has 2 saturated heterocycles. The van der Waals surface area contributed by atoms with Gasteiger partial charge in [0.2, 0.25) is 0 Å². The third-order valence-electron chi connectivity index (χ3n) is 5.16. The summed E-state index contributed by atoms with van der Waals surface area (Å²) in [7, 11) is 2.29. The average molecular weight is 280 g/mol. The Morgan fingerprint density at radius 3 is 2.45 bits per heavy atom. The van der Waals surface area contributed by atoms with Crippen LogP contribution in [-0.2, 0) is 0 Å². The number of hydrogen-bond donors (Lipinski definition) is 2. The lowest BCUT2D eigenvalue weighted by Crippen LogP contribution is -2.45. The molecule has 0 aromatic carbocycles. The Morgan fingerprint density at radius 1 is 1.20 bits per heavy atom. The van der Waals surface area contributed by atoms with Gasteiger partial charge in [-0.25, -0.2) is 0 Å². The van der Waals surface area contributed by atoms with E-state index in [1.54, 1.807) is 0 Å². The monoisotopic (exact) mass is 280 g/mol. The van der Waals surface area contributed by atoms with E-state index in [2.05, 4.69) is 29.1 Å². The fourth-order valence-electron chi connectivity index (χ4n) is 3.52. The van der Waals surface area contributed by atoms with Crippen molar-refractivity contribution in [2.75, 3.05) is 46.3 Å². The predicted molar refractivity (Wildman–Crippen MR) is 85.7 cm³/mol. The van der Waals surface area contributed by atoms with Crippen LogP contribution in [-0.4, -0.2) is 67.9 Å². The molecule has 2 N–H and O–H groups in total. The van der Waals surface area contributed by atoms with Crippen LogP contribution in [0.25, 0.3) is 0 Å². The first-order valence-electron chi connectivity index (χ1n) is 8.41. The lowest BCUT2D eigenvalue weighted by Gasteiger charge is -2.36. The van der Waals surface area contributed by atoms with Crippen LogP contribution in [0.5, 0.6) is 0 Å². The van der Waals surface area contributed by atoms with Crippen LogP contribution >= 0.6 is 0 Å². The lowest BCUT2D eigenvalue weighted by atomic mass is 9.91. The Kier molecular flexibility index (Phi) is 6.46. The number of likely N-dealkylation sites (tertiary alicyclic amines) is 1. The summed E-state index contributed by atoms with van der Waals surface area (Å²) < 4.78 is 0. The molecule has 4 nitrogen and oxygen atoms in total. The van der Waals surface area contributed by atoms with E-state index >= 15 is 0 Å². The minimum absolute atomic E-state index is 0.568. The molecule has 2 aliphatic rings. The van der Waals surface area contributed by atoms with E-state index in [0.717, 1.165) is 18.2 Å². The van der Waals surface area contributed by atoms with Gasteiger partial charge in [0, 0.05) is 24.8 Å². The molecule has 2 fully saturated rings. The lowest BCUT2D eigenvalue weighted by molar-refractivity contribution is 0.147. The molecule has 0 unspecified atom stereocenters. The van der Waals surface area contributed by atoms with Crippen molar-refractivity contribution in [1.82, 2.24) is 15.1 Å². The smallest absolute Gasteiger partial charge is 0.0118 e. The maximum absolute atomic E-state index is 7.97. The van der Waals surface area contributed by atoms with Crippen molar-refractivity contribution in [3.63, 3.8) is 0 Å². The molecule has 2 heterocycles. The van der Waals surface area contributed by atoms with Gasteiger partial charge in [0.25, 0.3) is 0 Å². The molecule has 0 atom stereocenters. The molecular weight excluding hydrogens is 248 g/mol. The van der Waals surface area contributed by atoms with Crippen molar-refractivity contribution in [3.8, 4) is 0 Å². The zero-order valence-corrected chi connectivity index (χ0v) is 13.3. The molecular formula is C16H32N4. The molecule has 0 aliphatic carbocycles. The molecule has 0 bridgehead atoms. The minimum Gasteiger partial charge on any atom is -0.317 e. The zero-order valence-electron chi connectivity index (χ0n) is 13.3. The summed E-state index contributed by atoms with van der Waals surface area (Å²) in [6.45, 7) is 9.25. The van der Waals surface area contributed by atoms with Gasteiger partial charge in [-0.15, -0.1) is 0 Å². The zero-order chi connectivity index (χ0) is 14.4. The average Bonchev–Trinajstić information content (AvgIpc) is 2.53. The van der Waals surface area contributed by atoms with E-state index in [0.29, 0.717) is 5.92 Å².